The molecule has 0 fully saturated rings. The van der Waals surface area contributed by atoms with E-state index >= 15 is 0 Å². The third-order valence-electron chi connectivity index (χ3n) is 1.25. The fraction of sp³-hybridized carbons (Fsp3) is 0.143. The van der Waals surface area contributed by atoms with E-state index in [9.17, 15) is 4.79 Å². The number of carbonyl (C=O) groups is 1. The lowest BCUT2D eigenvalue weighted by atomic mass is 10.0. The van der Waals surface area contributed by atoms with Crippen molar-refractivity contribution in [2.24, 2.45) is 11.1 Å². The fourth-order valence-corrected chi connectivity index (χ4v) is 0.735. The van der Waals surface area contributed by atoms with Crippen LogP contribution in [0, 0.1) is 5.92 Å². The minimum Gasteiger partial charge on any atom is -0.411 e. The Morgan fingerprint density at radius 1 is 1.60 bits per heavy atom. The normalized spacial score (nSPS) is 24.4. The molecule has 0 bridgehead atoms. The van der Waals surface area contributed by atoms with Crippen LogP contribution in [0.15, 0.2) is 29.5 Å². The number of hydrogen-bond donors (Lipinski definition) is 1. The van der Waals surface area contributed by atoms with Crippen molar-refractivity contribution in [3.8, 4) is 0 Å². The van der Waals surface area contributed by atoms with Gasteiger partial charge >= 0.3 is 0 Å². The minimum atomic E-state index is -0.380. The van der Waals surface area contributed by atoms with Gasteiger partial charge < -0.3 is 5.21 Å². The van der Waals surface area contributed by atoms with Crippen LogP contribution < -0.4 is 0 Å². The molecule has 0 heterocycles. The van der Waals surface area contributed by atoms with Crippen molar-refractivity contribution in [3.63, 3.8) is 0 Å². The van der Waals surface area contributed by atoms with Crippen molar-refractivity contribution < 1.29 is 10.0 Å². The van der Waals surface area contributed by atoms with E-state index < -0.39 is 0 Å². The van der Waals surface area contributed by atoms with Gasteiger partial charge in [0.15, 0.2) is 5.78 Å². The summed E-state index contributed by atoms with van der Waals surface area (Å²) in [5, 5.41) is 10.9. The second kappa shape index (κ2) is 2.96. The maximum absolute atomic E-state index is 10.8. The zero-order valence-corrected chi connectivity index (χ0v) is 5.27. The molecule has 1 unspecified atom stereocenters. The lowest BCUT2D eigenvalue weighted by molar-refractivity contribution is -0.115. The average Bonchev–Trinajstić information content (AvgIpc) is 1.94. The SMILES string of the molecule is O=C1C=CC=CC1C=NO. The number of nitrogens with zero attached hydrogens (tertiary/aromatic N) is 1. The Balaban J connectivity index is 2.70. The Morgan fingerprint density at radius 3 is 3.00 bits per heavy atom. The lowest BCUT2D eigenvalue weighted by Gasteiger charge is -2.02. The summed E-state index contributed by atoms with van der Waals surface area (Å²) in [7, 11) is 0. The minimum absolute atomic E-state index is 0.0553. The Labute approximate surface area is 58.3 Å². The molecule has 0 aromatic rings. The van der Waals surface area contributed by atoms with E-state index in [1.165, 1.54) is 12.3 Å². The Bertz CT molecular complexity index is 216. The molecule has 0 aromatic heterocycles. The second-order valence-corrected chi connectivity index (χ2v) is 1.94. The van der Waals surface area contributed by atoms with Crippen molar-refractivity contribution in [3.05, 3.63) is 24.3 Å². The zero-order chi connectivity index (χ0) is 7.40. The molecule has 0 radical (unpaired) electrons. The highest BCUT2D eigenvalue weighted by Gasteiger charge is 2.11. The number of oxime groups is 1. The summed E-state index contributed by atoms with van der Waals surface area (Å²) < 4.78 is 0. The molecule has 10 heavy (non-hydrogen) atoms. The molecule has 0 saturated heterocycles. The van der Waals surface area contributed by atoms with Gasteiger partial charge in [-0.05, 0) is 6.08 Å². The molecule has 3 nitrogen and oxygen atoms in total. The summed E-state index contributed by atoms with van der Waals surface area (Å²) in [6.45, 7) is 0. The average molecular weight is 137 g/mol. The van der Waals surface area contributed by atoms with Crippen LogP contribution in [0.4, 0.5) is 0 Å². The summed E-state index contributed by atoms with van der Waals surface area (Å²) in [4.78, 5) is 10.8. The van der Waals surface area contributed by atoms with Crippen LogP contribution in [0.1, 0.15) is 0 Å². The largest absolute Gasteiger partial charge is 0.411 e. The second-order valence-electron chi connectivity index (χ2n) is 1.94. The van der Waals surface area contributed by atoms with Crippen molar-refractivity contribution in [1.29, 1.82) is 0 Å². The molecule has 1 atom stereocenters. The number of rotatable bonds is 1. The standard InChI is InChI=1S/C7H7NO2/c9-7-4-2-1-3-6(7)5-8-10/h1-6,10H. The van der Waals surface area contributed by atoms with Crippen LogP contribution in [0.3, 0.4) is 0 Å². The van der Waals surface area contributed by atoms with Crippen molar-refractivity contribution >= 4 is 12.0 Å². The molecule has 1 aliphatic rings. The van der Waals surface area contributed by atoms with Gasteiger partial charge in [0.05, 0.1) is 12.1 Å². The van der Waals surface area contributed by atoms with E-state index in [-0.39, 0.29) is 11.7 Å². The highest BCUT2D eigenvalue weighted by molar-refractivity contribution is 6.04. The van der Waals surface area contributed by atoms with Crippen molar-refractivity contribution in [1.82, 2.24) is 0 Å². The van der Waals surface area contributed by atoms with Crippen LogP contribution in [0.2, 0.25) is 0 Å². The molecule has 0 amide bonds. The van der Waals surface area contributed by atoms with Crippen LogP contribution >= 0.6 is 0 Å². The van der Waals surface area contributed by atoms with Crippen LogP contribution in [-0.2, 0) is 4.79 Å². The number of allylic oxidation sites excluding steroid dienone is 4. The quantitative estimate of drug-likeness (QED) is 0.329. The number of hydrogen-bond acceptors (Lipinski definition) is 3. The third kappa shape index (κ3) is 1.31. The molecule has 1 N–H and O–H groups in total. The molecule has 0 aromatic carbocycles. The first kappa shape index (κ1) is 6.74. The van der Waals surface area contributed by atoms with Crippen LogP contribution in [-0.4, -0.2) is 17.2 Å². The number of carbonyl (C=O) groups excluding carboxylic acids is 1. The van der Waals surface area contributed by atoms with E-state index in [1.54, 1.807) is 18.2 Å². The molecule has 1 rings (SSSR count). The smallest absolute Gasteiger partial charge is 0.168 e. The van der Waals surface area contributed by atoms with Gasteiger partial charge in [-0.3, -0.25) is 4.79 Å². The first-order valence-electron chi connectivity index (χ1n) is 2.91. The summed E-state index contributed by atoms with van der Waals surface area (Å²) in [6, 6.07) is 0. The first-order valence-corrected chi connectivity index (χ1v) is 2.91. The summed E-state index contributed by atoms with van der Waals surface area (Å²) in [5.74, 6) is -0.435. The van der Waals surface area contributed by atoms with Gasteiger partial charge in [-0.25, -0.2) is 0 Å². The first-order chi connectivity index (χ1) is 4.84. The topological polar surface area (TPSA) is 49.7 Å². The van der Waals surface area contributed by atoms with E-state index in [0.717, 1.165) is 0 Å². The van der Waals surface area contributed by atoms with Crippen molar-refractivity contribution in [2.75, 3.05) is 0 Å². The fourth-order valence-electron chi connectivity index (χ4n) is 0.735. The maximum atomic E-state index is 10.8. The van der Waals surface area contributed by atoms with E-state index in [0.29, 0.717) is 0 Å². The number of ketones is 1. The van der Waals surface area contributed by atoms with Gasteiger partial charge in [0.1, 0.15) is 0 Å². The predicted octanol–water partition coefficient (Wildman–Crippen LogP) is 0.758. The highest BCUT2D eigenvalue weighted by Crippen LogP contribution is 2.04. The molecule has 0 spiro atoms. The van der Waals surface area contributed by atoms with E-state index in [1.807, 2.05) is 0 Å². The van der Waals surface area contributed by atoms with Gasteiger partial charge in [0, 0.05) is 0 Å². The van der Waals surface area contributed by atoms with Gasteiger partial charge in [-0.15, -0.1) is 5.16 Å². The summed E-state index contributed by atoms with van der Waals surface area (Å²) in [6.07, 6.45) is 7.72. The van der Waals surface area contributed by atoms with Crippen LogP contribution in [0.5, 0.6) is 0 Å². The van der Waals surface area contributed by atoms with Gasteiger partial charge in [-0.1, -0.05) is 18.2 Å². The van der Waals surface area contributed by atoms with E-state index in [4.69, 9.17) is 5.21 Å². The molecule has 0 aliphatic heterocycles. The third-order valence-corrected chi connectivity index (χ3v) is 1.25. The van der Waals surface area contributed by atoms with Gasteiger partial charge in [0.2, 0.25) is 0 Å². The predicted molar refractivity (Wildman–Crippen MR) is 37.1 cm³/mol. The highest BCUT2D eigenvalue weighted by atomic mass is 16.4. The molecular weight excluding hydrogens is 130 g/mol. The summed E-state index contributed by atoms with van der Waals surface area (Å²) in [5.41, 5.74) is 0. The monoisotopic (exact) mass is 137 g/mol. The Kier molecular flexibility index (Phi) is 1.99. The Morgan fingerprint density at radius 2 is 2.40 bits per heavy atom. The van der Waals surface area contributed by atoms with Crippen LogP contribution in [0.25, 0.3) is 0 Å². The van der Waals surface area contributed by atoms with Gasteiger partial charge in [-0.2, -0.15) is 0 Å². The molecule has 3 heteroatoms. The summed E-state index contributed by atoms with van der Waals surface area (Å²) >= 11 is 0. The molecular formula is C7H7NO2. The maximum Gasteiger partial charge on any atom is 0.168 e. The molecule has 52 valence electrons. The molecule has 0 saturated carbocycles. The van der Waals surface area contributed by atoms with E-state index in [2.05, 4.69) is 5.16 Å². The van der Waals surface area contributed by atoms with Gasteiger partial charge in [0.25, 0.3) is 0 Å². The van der Waals surface area contributed by atoms with Crippen molar-refractivity contribution in [2.45, 2.75) is 0 Å². The zero-order valence-electron chi connectivity index (χ0n) is 5.27. The molecule has 1 aliphatic carbocycles. The lowest BCUT2D eigenvalue weighted by Crippen LogP contribution is -2.12. The Hall–Kier alpha value is -1.38.